The number of rotatable bonds is 8. The van der Waals surface area contributed by atoms with Crippen molar-refractivity contribution in [3.05, 3.63) is 59.7 Å². The molecule has 1 unspecified atom stereocenters. The lowest BCUT2D eigenvalue weighted by molar-refractivity contribution is -0.158. The van der Waals surface area contributed by atoms with E-state index >= 15 is 0 Å². The van der Waals surface area contributed by atoms with Gasteiger partial charge >= 0.3 is 12.1 Å². The molecule has 186 valence electrons. The summed E-state index contributed by atoms with van der Waals surface area (Å²) in [6.07, 6.45) is 0.286. The molecular weight excluding hydrogens is 448 g/mol. The quantitative estimate of drug-likeness (QED) is 0.533. The summed E-state index contributed by atoms with van der Waals surface area (Å²) in [7, 11) is 0. The Balaban J connectivity index is 1.39. The first-order valence-corrected chi connectivity index (χ1v) is 12.1. The van der Waals surface area contributed by atoms with Crippen LogP contribution in [-0.4, -0.2) is 64.9 Å². The van der Waals surface area contributed by atoms with Gasteiger partial charge < -0.3 is 25.2 Å². The van der Waals surface area contributed by atoms with Gasteiger partial charge in [-0.1, -0.05) is 62.4 Å². The summed E-state index contributed by atoms with van der Waals surface area (Å²) in [5.41, 5.74) is 1.69. The second kappa shape index (κ2) is 9.70. The van der Waals surface area contributed by atoms with Crippen LogP contribution in [0.25, 0.3) is 11.1 Å². The van der Waals surface area contributed by atoms with Gasteiger partial charge in [-0.25, -0.2) is 9.59 Å². The van der Waals surface area contributed by atoms with Crippen molar-refractivity contribution in [2.45, 2.75) is 44.6 Å². The predicted molar refractivity (Wildman–Crippen MR) is 130 cm³/mol. The zero-order chi connectivity index (χ0) is 25.2. The normalized spacial score (nSPS) is 19.2. The van der Waals surface area contributed by atoms with E-state index in [0.717, 1.165) is 22.3 Å². The minimum atomic E-state index is -1.93. The molecule has 0 aromatic heterocycles. The molecule has 35 heavy (non-hydrogen) atoms. The summed E-state index contributed by atoms with van der Waals surface area (Å²) in [5, 5.41) is 22.3. The number of nitrogens with one attached hydrogen (secondary N) is 1. The molecule has 0 saturated carbocycles. The lowest BCUT2D eigenvalue weighted by Gasteiger charge is -2.34. The van der Waals surface area contributed by atoms with Crippen LogP contribution in [0.4, 0.5) is 4.79 Å². The number of carbonyl (C=O) groups excluding carboxylic acids is 2. The second-order valence-corrected chi connectivity index (χ2v) is 9.48. The fourth-order valence-electron chi connectivity index (χ4n) is 5.25. The second-order valence-electron chi connectivity index (χ2n) is 9.48. The number of hydrogen-bond acceptors (Lipinski definition) is 5. The molecule has 2 amide bonds. The fourth-order valence-corrected chi connectivity index (χ4v) is 5.25. The lowest BCUT2D eigenvalue weighted by atomic mass is 9.80. The minimum Gasteiger partial charge on any atom is -0.479 e. The van der Waals surface area contributed by atoms with Gasteiger partial charge in [0.25, 0.3) is 0 Å². The number of amides is 2. The number of ether oxygens (including phenoxy) is 1. The monoisotopic (exact) mass is 480 g/mol. The molecule has 1 heterocycles. The Morgan fingerprint density at radius 3 is 2.14 bits per heavy atom. The zero-order valence-electron chi connectivity index (χ0n) is 20.1. The van der Waals surface area contributed by atoms with Gasteiger partial charge in [0.1, 0.15) is 6.61 Å². The summed E-state index contributed by atoms with van der Waals surface area (Å²) in [4.78, 5) is 38.7. The summed E-state index contributed by atoms with van der Waals surface area (Å²) >= 11 is 0. The largest absolute Gasteiger partial charge is 0.479 e. The number of carboxylic acid groups (broad SMARTS) is 1. The number of fused-ring (bicyclic) bond motifs is 3. The molecule has 0 radical (unpaired) electrons. The van der Waals surface area contributed by atoms with Crippen molar-refractivity contribution in [1.29, 1.82) is 0 Å². The third-order valence-corrected chi connectivity index (χ3v) is 7.66. The summed E-state index contributed by atoms with van der Waals surface area (Å²) < 4.78 is 5.60. The summed E-state index contributed by atoms with van der Waals surface area (Å²) in [6, 6.07) is 16.2. The summed E-state index contributed by atoms with van der Waals surface area (Å²) in [5.74, 6) is -1.66. The number of carbonyl (C=O) groups is 3. The Morgan fingerprint density at radius 2 is 1.63 bits per heavy atom. The average Bonchev–Trinajstić information content (AvgIpc) is 3.43. The van der Waals surface area contributed by atoms with Gasteiger partial charge in [-0.3, -0.25) is 4.79 Å². The molecule has 1 fully saturated rings. The number of benzene rings is 2. The van der Waals surface area contributed by atoms with Crippen molar-refractivity contribution >= 4 is 18.0 Å². The smallest absolute Gasteiger partial charge is 0.407 e. The maximum absolute atomic E-state index is 13.3. The molecule has 3 N–H and O–H groups in total. The van der Waals surface area contributed by atoms with Crippen LogP contribution in [0.15, 0.2) is 48.5 Å². The molecule has 2 aliphatic rings. The maximum atomic E-state index is 13.3. The molecule has 8 nitrogen and oxygen atoms in total. The SMILES string of the molecule is CCC(CC)(CNC(=O)OCC1c2ccccc2-c2ccccc21)C(=O)N1CCC(O)(C(=O)O)C1. The first-order chi connectivity index (χ1) is 16.7. The number of alkyl carbamates (subject to hydrolysis) is 1. The highest BCUT2D eigenvalue weighted by Crippen LogP contribution is 2.44. The third kappa shape index (κ3) is 4.50. The van der Waals surface area contributed by atoms with Crippen molar-refractivity contribution in [3.63, 3.8) is 0 Å². The Bertz CT molecular complexity index is 1080. The molecule has 1 aliphatic heterocycles. The number of likely N-dealkylation sites (tertiary alicyclic amines) is 1. The van der Waals surface area contributed by atoms with Crippen LogP contribution in [-0.2, 0) is 14.3 Å². The molecule has 2 aromatic rings. The molecule has 1 atom stereocenters. The van der Waals surface area contributed by atoms with Crippen LogP contribution in [0, 0.1) is 5.41 Å². The average molecular weight is 481 g/mol. The van der Waals surface area contributed by atoms with Crippen LogP contribution in [0.3, 0.4) is 0 Å². The van der Waals surface area contributed by atoms with Gasteiger partial charge in [0.2, 0.25) is 5.91 Å². The predicted octanol–water partition coefficient (Wildman–Crippen LogP) is 3.38. The molecule has 0 spiro atoms. The van der Waals surface area contributed by atoms with Crippen LogP contribution >= 0.6 is 0 Å². The maximum Gasteiger partial charge on any atom is 0.407 e. The molecule has 8 heteroatoms. The molecule has 1 aliphatic carbocycles. The zero-order valence-corrected chi connectivity index (χ0v) is 20.1. The third-order valence-electron chi connectivity index (χ3n) is 7.66. The van der Waals surface area contributed by atoms with E-state index in [4.69, 9.17) is 4.74 Å². The van der Waals surface area contributed by atoms with Gasteiger partial charge in [0, 0.05) is 25.4 Å². The Morgan fingerprint density at radius 1 is 1.06 bits per heavy atom. The number of nitrogens with zero attached hydrogens (tertiary/aromatic N) is 1. The number of β-amino-alcohol motifs (C(OH)–C–C–N with tert-alkyl or cyclic N) is 1. The fraction of sp³-hybridized carbons (Fsp3) is 0.444. The first kappa shape index (κ1) is 24.7. The van der Waals surface area contributed by atoms with Crippen LogP contribution in [0.2, 0.25) is 0 Å². The molecule has 1 saturated heterocycles. The van der Waals surface area contributed by atoms with E-state index in [1.54, 1.807) is 0 Å². The highest BCUT2D eigenvalue weighted by atomic mass is 16.5. The highest BCUT2D eigenvalue weighted by Gasteiger charge is 2.48. The number of carboxylic acids is 1. The van der Waals surface area contributed by atoms with Gasteiger partial charge in [-0.2, -0.15) is 0 Å². The van der Waals surface area contributed by atoms with E-state index in [9.17, 15) is 24.6 Å². The van der Waals surface area contributed by atoms with E-state index in [1.807, 2.05) is 50.2 Å². The van der Waals surface area contributed by atoms with Crippen LogP contribution in [0.5, 0.6) is 0 Å². The van der Waals surface area contributed by atoms with Crippen molar-refractivity contribution in [2.24, 2.45) is 5.41 Å². The standard InChI is InChI=1S/C27H32N2O6/c1-3-26(4-2,23(30)29-14-13-27(34,17-29)24(31)32)16-28-25(33)35-15-22-20-11-7-5-9-18(20)19-10-6-8-12-21(19)22/h5-12,22,34H,3-4,13-17H2,1-2H3,(H,28,33)(H,31,32). The van der Waals surface area contributed by atoms with Gasteiger partial charge in [-0.05, 0) is 35.1 Å². The Labute approximate surface area is 204 Å². The lowest BCUT2D eigenvalue weighted by Crippen LogP contribution is -2.51. The van der Waals surface area contributed by atoms with Crippen molar-refractivity contribution in [2.75, 3.05) is 26.2 Å². The topological polar surface area (TPSA) is 116 Å². The highest BCUT2D eigenvalue weighted by molar-refractivity contribution is 5.86. The number of aliphatic carboxylic acids is 1. The van der Waals surface area contributed by atoms with Crippen LogP contribution in [0.1, 0.15) is 50.2 Å². The van der Waals surface area contributed by atoms with E-state index in [0.29, 0.717) is 12.8 Å². The molecule has 4 rings (SSSR count). The van der Waals surface area contributed by atoms with E-state index in [2.05, 4.69) is 17.4 Å². The summed E-state index contributed by atoms with van der Waals surface area (Å²) in [6.45, 7) is 3.87. The number of aliphatic hydroxyl groups is 1. The molecule has 0 bridgehead atoms. The van der Waals surface area contributed by atoms with Gasteiger partial charge in [0.05, 0.1) is 12.0 Å². The van der Waals surface area contributed by atoms with E-state index in [1.165, 1.54) is 4.90 Å². The molecular formula is C27H32N2O6. The van der Waals surface area contributed by atoms with Gasteiger partial charge in [0.15, 0.2) is 5.60 Å². The van der Waals surface area contributed by atoms with E-state index < -0.39 is 23.1 Å². The minimum absolute atomic E-state index is 0.0165. The van der Waals surface area contributed by atoms with Crippen molar-refractivity contribution in [1.82, 2.24) is 10.2 Å². The van der Waals surface area contributed by atoms with Gasteiger partial charge in [-0.15, -0.1) is 0 Å². The van der Waals surface area contributed by atoms with Crippen molar-refractivity contribution < 1.29 is 29.3 Å². The molecule has 2 aromatic carbocycles. The number of hydrogen-bond donors (Lipinski definition) is 3. The van der Waals surface area contributed by atoms with E-state index in [-0.39, 0.29) is 44.5 Å². The Kier molecular flexibility index (Phi) is 6.85. The van der Waals surface area contributed by atoms with Crippen LogP contribution < -0.4 is 5.32 Å². The Hall–Kier alpha value is -3.39. The first-order valence-electron chi connectivity index (χ1n) is 12.1. The van der Waals surface area contributed by atoms with Crippen molar-refractivity contribution in [3.8, 4) is 11.1 Å².